The molecule has 158 valence electrons. The highest BCUT2D eigenvalue weighted by Crippen LogP contribution is 2.32. The van der Waals surface area contributed by atoms with Crippen molar-refractivity contribution in [2.75, 3.05) is 17.6 Å². The molecule has 0 fully saturated rings. The number of nitrogens with zero attached hydrogens (tertiary/aromatic N) is 2. The summed E-state index contributed by atoms with van der Waals surface area (Å²) in [5.74, 6) is 0.658. The van der Waals surface area contributed by atoms with E-state index in [0.717, 1.165) is 4.31 Å². The minimum absolute atomic E-state index is 0.0931. The fourth-order valence-corrected chi connectivity index (χ4v) is 4.41. The van der Waals surface area contributed by atoms with Gasteiger partial charge in [-0.1, -0.05) is 36.4 Å². The predicted octanol–water partition coefficient (Wildman–Crippen LogP) is 2.76. The molecule has 8 nitrogen and oxygen atoms in total. The second kappa shape index (κ2) is 8.88. The molecule has 9 heteroatoms. The molecule has 0 unspecified atom stereocenters. The van der Waals surface area contributed by atoms with E-state index < -0.39 is 22.5 Å². The van der Waals surface area contributed by atoms with E-state index in [4.69, 9.17) is 9.47 Å². The molecule has 0 radical (unpaired) electrons. The van der Waals surface area contributed by atoms with Crippen LogP contribution in [0.4, 0.5) is 5.69 Å². The van der Waals surface area contributed by atoms with E-state index in [9.17, 15) is 13.2 Å². The molecule has 3 aromatic rings. The summed E-state index contributed by atoms with van der Waals surface area (Å²) in [7, 11) is -3.94. The number of carbonyl (C=O) groups is 1. The number of rotatable bonds is 7. The van der Waals surface area contributed by atoms with Crippen molar-refractivity contribution in [3.63, 3.8) is 0 Å². The van der Waals surface area contributed by atoms with Crippen molar-refractivity contribution in [3.05, 3.63) is 84.4 Å². The number of fused-ring (bicyclic) bond motifs is 1. The minimum Gasteiger partial charge on any atom is -0.454 e. The Morgan fingerprint density at radius 2 is 1.65 bits per heavy atom. The van der Waals surface area contributed by atoms with Crippen molar-refractivity contribution >= 4 is 27.8 Å². The summed E-state index contributed by atoms with van der Waals surface area (Å²) in [5, 5.41) is 3.93. The molecule has 1 aliphatic heterocycles. The van der Waals surface area contributed by atoms with Gasteiger partial charge in [-0.3, -0.25) is 9.10 Å². The quantitative estimate of drug-likeness (QED) is 0.453. The zero-order valence-electron chi connectivity index (χ0n) is 16.3. The number of sulfonamides is 1. The van der Waals surface area contributed by atoms with Gasteiger partial charge >= 0.3 is 0 Å². The number of carbonyl (C=O) groups excluding carboxylic acids is 1. The van der Waals surface area contributed by atoms with Crippen molar-refractivity contribution in [3.8, 4) is 11.5 Å². The monoisotopic (exact) mass is 437 g/mol. The fraction of sp³-hybridized carbons (Fsp3) is 0.0909. The van der Waals surface area contributed by atoms with Gasteiger partial charge in [0.05, 0.1) is 16.8 Å². The molecule has 1 amide bonds. The Bertz CT molecular complexity index is 1200. The van der Waals surface area contributed by atoms with E-state index in [-0.39, 0.29) is 11.7 Å². The molecular formula is C22H19N3O5S. The van der Waals surface area contributed by atoms with Crippen molar-refractivity contribution in [1.82, 2.24) is 5.43 Å². The van der Waals surface area contributed by atoms with Gasteiger partial charge < -0.3 is 9.47 Å². The fourth-order valence-electron chi connectivity index (χ4n) is 2.97. The van der Waals surface area contributed by atoms with Gasteiger partial charge in [0.15, 0.2) is 11.5 Å². The average Bonchev–Trinajstić information content (AvgIpc) is 3.26. The highest BCUT2D eigenvalue weighted by molar-refractivity contribution is 7.92. The van der Waals surface area contributed by atoms with Gasteiger partial charge in [0.1, 0.15) is 6.54 Å². The second-order valence-electron chi connectivity index (χ2n) is 6.57. The van der Waals surface area contributed by atoms with Crippen LogP contribution in [-0.2, 0) is 14.8 Å². The highest BCUT2D eigenvalue weighted by atomic mass is 32.2. The molecule has 0 spiro atoms. The zero-order valence-corrected chi connectivity index (χ0v) is 17.2. The minimum atomic E-state index is -3.94. The molecule has 1 N–H and O–H groups in total. The topological polar surface area (TPSA) is 97.3 Å². The molecule has 1 aliphatic rings. The molecule has 0 saturated heterocycles. The van der Waals surface area contributed by atoms with Crippen molar-refractivity contribution < 1.29 is 22.7 Å². The number of anilines is 1. The van der Waals surface area contributed by atoms with E-state index in [1.165, 1.54) is 18.3 Å². The molecule has 0 bridgehead atoms. The third kappa shape index (κ3) is 4.67. The van der Waals surface area contributed by atoms with Crippen molar-refractivity contribution in [1.29, 1.82) is 0 Å². The number of amides is 1. The number of para-hydroxylation sites is 1. The van der Waals surface area contributed by atoms with Crippen LogP contribution >= 0.6 is 0 Å². The molecule has 0 aliphatic carbocycles. The van der Waals surface area contributed by atoms with E-state index in [0.29, 0.717) is 22.7 Å². The first-order valence-corrected chi connectivity index (χ1v) is 10.8. The standard InChI is InChI=1S/C22H19N3O5S/c26-22(24-23-14-17-11-12-20-21(13-17)30-16-29-20)15-25(18-7-3-1-4-8-18)31(27,28)19-9-5-2-6-10-19/h1-14H,15-16H2,(H,24,26)/b23-14-. The lowest BCUT2D eigenvalue weighted by Gasteiger charge is -2.23. The van der Waals surface area contributed by atoms with Gasteiger partial charge in [-0.25, -0.2) is 13.8 Å². The van der Waals surface area contributed by atoms with E-state index >= 15 is 0 Å². The second-order valence-corrected chi connectivity index (χ2v) is 8.43. The van der Waals surface area contributed by atoms with Crippen LogP contribution in [0.2, 0.25) is 0 Å². The number of nitrogens with one attached hydrogen (secondary N) is 1. The summed E-state index contributed by atoms with van der Waals surface area (Å²) >= 11 is 0. The van der Waals surface area contributed by atoms with Crippen LogP contribution in [0.15, 0.2) is 88.9 Å². The SMILES string of the molecule is O=C(CN(c1ccccc1)S(=O)(=O)c1ccccc1)N/N=C\c1ccc2c(c1)OCO2. The van der Waals surface area contributed by atoms with Gasteiger partial charge in [0.25, 0.3) is 15.9 Å². The van der Waals surface area contributed by atoms with Gasteiger partial charge in [0, 0.05) is 0 Å². The Balaban J connectivity index is 1.50. The van der Waals surface area contributed by atoms with Gasteiger partial charge in [0.2, 0.25) is 6.79 Å². The van der Waals surface area contributed by atoms with Crippen molar-refractivity contribution in [2.24, 2.45) is 5.10 Å². The maximum Gasteiger partial charge on any atom is 0.264 e. The summed E-state index contributed by atoms with van der Waals surface area (Å²) in [6, 6.07) is 21.6. The first-order valence-electron chi connectivity index (χ1n) is 9.38. The van der Waals surface area contributed by atoms with Crippen LogP contribution in [-0.4, -0.2) is 33.9 Å². The van der Waals surface area contributed by atoms with E-state index in [1.807, 2.05) is 0 Å². The third-order valence-electron chi connectivity index (χ3n) is 4.46. The van der Waals surface area contributed by atoms with Crippen LogP contribution in [0.1, 0.15) is 5.56 Å². The Kier molecular flexibility index (Phi) is 5.85. The average molecular weight is 437 g/mol. The normalized spacial score (nSPS) is 12.6. The molecule has 3 aromatic carbocycles. The summed E-state index contributed by atoms with van der Waals surface area (Å²) in [6.45, 7) is -0.266. The Hall–Kier alpha value is -3.85. The Labute approximate surface area is 179 Å². The zero-order chi connectivity index (χ0) is 21.7. The lowest BCUT2D eigenvalue weighted by Crippen LogP contribution is -2.39. The first kappa shape index (κ1) is 20.4. The molecule has 0 saturated carbocycles. The molecule has 1 heterocycles. The maximum atomic E-state index is 13.2. The number of ether oxygens (including phenoxy) is 2. The summed E-state index contributed by atoms with van der Waals surface area (Å²) in [4.78, 5) is 12.6. The Morgan fingerprint density at radius 3 is 2.39 bits per heavy atom. The van der Waals surface area contributed by atoms with Gasteiger partial charge in [-0.05, 0) is 48.0 Å². The highest BCUT2D eigenvalue weighted by Gasteiger charge is 2.26. The van der Waals surface area contributed by atoms with Gasteiger partial charge in [-0.2, -0.15) is 5.10 Å². The number of hydrogen-bond acceptors (Lipinski definition) is 6. The molecule has 0 aromatic heterocycles. The largest absolute Gasteiger partial charge is 0.454 e. The van der Waals surface area contributed by atoms with Crippen LogP contribution in [0.25, 0.3) is 0 Å². The maximum absolute atomic E-state index is 13.2. The lowest BCUT2D eigenvalue weighted by atomic mass is 10.2. The molecule has 0 atom stereocenters. The molecule has 4 rings (SSSR count). The Morgan fingerprint density at radius 1 is 0.968 bits per heavy atom. The van der Waals surface area contributed by atoms with Gasteiger partial charge in [-0.15, -0.1) is 0 Å². The predicted molar refractivity (Wildman–Crippen MR) is 116 cm³/mol. The van der Waals surface area contributed by atoms with Crippen LogP contribution < -0.4 is 19.2 Å². The molecular weight excluding hydrogens is 418 g/mol. The smallest absolute Gasteiger partial charge is 0.264 e. The van der Waals surface area contributed by atoms with Crippen LogP contribution in [0.5, 0.6) is 11.5 Å². The van der Waals surface area contributed by atoms with Crippen LogP contribution in [0, 0.1) is 0 Å². The van der Waals surface area contributed by atoms with Crippen molar-refractivity contribution in [2.45, 2.75) is 4.90 Å². The number of benzene rings is 3. The lowest BCUT2D eigenvalue weighted by molar-refractivity contribution is -0.119. The summed E-state index contributed by atoms with van der Waals surface area (Å²) in [5.41, 5.74) is 3.45. The van der Waals surface area contributed by atoms with E-state index in [1.54, 1.807) is 66.7 Å². The summed E-state index contributed by atoms with van der Waals surface area (Å²) < 4.78 is 37.9. The number of hydrogen-bond donors (Lipinski definition) is 1. The first-order chi connectivity index (χ1) is 15.0. The third-order valence-corrected chi connectivity index (χ3v) is 6.25. The van der Waals surface area contributed by atoms with Crippen LogP contribution in [0.3, 0.4) is 0 Å². The van der Waals surface area contributed by atoms with E-state index in [2.05, 4.69) is 10.5 Å². The number of hydrazone groups is 1. The molecule has 31 heavy (non-hydrogen) atoms. The summed E-state index contributed by atoms with van der Waals surface area (Å²) in [6.07, 6.45) is 1.44.